The minimum atomic E-state index is -0.496. The standard InChI is InChI=1S/C10H10BrNO3/c1-2-15-10-4-3-8(7-9(10)11)5-6-12(13)14/h3-7H,2H2,1H3. The zero-order valence-electron chi connectivity index (χ0n) is 8.14. The molecule has 0 spiro atoms. The summed E-state index contributed by atoms with van der Waals surface area (Å²) < 4.78 is 6.10. The third-order valence-corrected chi connectivity index (χ3v) is 2.26. The predicted octanol–water partition coefficient (Wildman–Crippen LogP) is 3.10. The minimum Gasteiger partial charge on any atom is -0.493 e. The quantitative estimate of drug-likeness (QED) is 0.625. The van der Waals surface area contributed by atoms with Crippen LogP contribution in [0.2, 0.25) is 0 Å². The van der Waals surface area contributed by atoms with Crippen molar-refractivity contribution in [1.29, 1.82) is 0 Å². The van der Waals surface area contributed by atoms with Gasteiger partial charge in [0.05, 0.1) is 16.0 Å². The number of benzene rings is 1. The van der Waals surface area contributed by atoms with Gasteiger partial charge in [-0.3, -0.25) is 10.1 Å². The Morgan fingerprint density at radius 3 is 2.87 bits per heavy atom. The second kappa shape index (κ2) is 5.50. The van der Waals surface area contributed by atoms with E-state index in [1.165, 1.54) is 6.08 Å². The van der Waals surface area contributed by atoms with Gasteiger partial charge in [0.1, 0.15) is 5.75 Å². The van der Waals surface area contributed by atoms with E-state index in [4.69, 9.17) is 4.74 Å². The van der Waals surface area contributed by atoms with Gasteiger partial charge in [-0.25, -0.2) is 0 Å². The molecule has 0 aliphatic rings. The number of halogens is 1. The molecule has 0 fully saturated rings. The Labute approximate surface area is 95.8 Å². The molecule has 0 aromatic heterocycles. The summed E-state index contributed by atoms with van der Waals surface area (Å²) in [7, 11) is 0. The molecule has 0 saturated heterocycles. The molecule has 1 aromatic rings. The van der Waals surface area contributed by atoms with Crippen LogP contribution in [0.4, 0.5) is 0 Å². The molecule has 4 nitrogen and oxygen atoms in total. The number of nitrogens with zero attached hydrogens (tertiary/aromatic N) is 1. The Bertz CT molecular complexity index is 390. The Kier molecular flexibility index (Phi) is 4.30. The molecular weight excluding hydrogens is 262 g/mol. The van der Waals surface area contributed by atoms with Crippen molar-refractivity contribution in [1.82, 2.24) is 0 Å². The van der Waals surface area contributed by atoms with E-state index in [0.29, 0.717) is 6.61 Å². The molecule has 0 amide bonds. The number of ether oxygens (including phenoxy) is 1. The van der Waals surface area contributed by atoms with E-state index in [0.717, 1.165) is 22.0 Å². The molecule has 0 aliphatic heterocycles. The lowest BCUT2D eigenvalue weighted by Crippen LogP contribution is -1.92. The molecule has 15 heavy (non-hydrogen) atoms. The highest BCUT2D eigenvalue weighted by Crippen LogP contribution is 2.26. The second-order valence-corrected chi connectivity index (χ2v) is 3.58. The summed E-state index contributed by atoms with van der Waals surface area (Å²) in [5.74, 6) is 0.732. The minimum absolute atomic E-state index is 0.496. The molecule has 1 aromatic carbocycles. The first-order chi connectivity index (χ1) is 7.13. The maximum absolute atomic E-state index is 10.1. The fourth-order valence-corrected chi connectivity index (χ4v) is 1.55. The monoisotopic (exact) mass is 271 g/mol. The molecule has 0 N–H and O–H groups in total. The smallest absolute Gasteiger partial charge is 0.235 e. The average Bonchev–Trinajstić information content (AvgIpc) is 2.19. The van der Waals surface area contributed by atoms with Crippen molar-refractivity contribution in [3.8, 4) is 5.75 Å². The van der Waals surface area contributed by atoms with Gasteiger partial charge in [-0.05, 0) is 40.5 Å². The van der Waals surface area contributed by atoms with Crippen molar-refractivity contribution in [2.24, 2.45) is 0 Å². The summed E-state index contributed by atoms with van der Waals surface area (Å²) in [6.45, 7) is 2.48. The van der Waals surface area contributed by atoms with Crippen LogP contribution in [0.15, 0.2) is 28.9 Å². The lowest BCUT2D eigenvalue weighted by atomic mass is 10.2. The number of hydrogen-bond donors (Lipinski definition) is 0. The van der Waals surface area contributed by atoms with Crippen LogP contribution in [-0.4, -0.2) is 11.5 Å². The highest BCUT2D eigenvalue weighted by atomic mass is 79.9. The summed E-state index contributed by atoms with van der Waals surface area (Å²) in [5, 5.41) is 10.1. The van der Waals surface area contributed by atoms with Crippen LogP contribution in [0, 0.1) is 10.1 Å². The van der Waals surface area contributed by atoms with Crippen molar-refractivity contribution in [3.63, 3.8) is 0 Å². The Morgan fingerprint density at radius 2 is 2.33 bits per heavy atom. The SMILES string of the molecule is CCOc1ccc(C=C[N+](=O)[O-])cc1Br. The van der Waals surface area contributed by atoms with Crippen LogP contribution < -0.4 is 4.74 Å². The van der Waals surface area contributed by atoms with Crippen LogP contribution in [0.3, 0.4) is 0 Å². The van der Waals surface area contributed by atoms with Crippen LogP contribution in [-0.2, 0) is 0 Å². The molecule has 0 unspecified atom stereocenters. The second-order valence-electron chi connectivity index (χ2n) is 2.72. The first-order valence-electron chi connectivity index (χ1n) is 4.37. The molecule has 1 rings (SSSR count). The summed E-state index contributed by atoms with van der Waals surface area (Å²) in [4.78, 5) is 9.61. The highest BCUT2D eigenvalue weighted by molar-refractivity contribution is 9.10. The molecule has 0 aliphatic carbocycles. The van der Waals surface area contributed by atoms with Crippen molar-refractivity contribution in [2.45, 2.75) is 6.92 Å². The van der Waals surface area contributed by atoms with Gasteiger partial charge in [-0.15, -0.1) is 0 Å². The predicted molar refractivity (Wildman–Crippen MR) is 61.3 cm³/mol. The maximum atomic E-state index is 10.1. The molecular formula is C10H10BrNO3. The van der Waals surface area contributed by atoms with Crippen molar-refractivity contribution in [2.75, 3.05) is 6.61 Å². The van der Waals surface area contributed by atoms with Crippen LogP contribution in [0.25, 0.3) is 6.08 Å². The van der Waals surface area contributed by atoms with Gasteiger partial charge in [0, 0.05) is 6.08 Å². The van der Waals surface area contributed by atoms with Gasteiger partial charge in [-0.1, -0.05) is 6.07 Å². The molecule has 0 saturated carbocycles. The van der Waals surface area contributed by atoms with Gasteiger partial charge >= 0.3 is 0 Å². The summed E-state index contributed by atoms with van der Waals surface area (Å²) in [5.41, 5.74) is 0.752. The van der Waals surface area contributed by atoms with Gasteiger partial charge in [0.2, 0.25) is 6.20 Å². The van der Waals surface area contributed by atoms with Crippen molar-refractivity contribution < 1.29 is 9.66 Å². The summed E-state index contributed by atoms with van der Waals surface area (Å²) in [6, 6.07) is 5.30. The zero-order chi connectivity index (χ0) is 11.3. The number of hydrogen-bond acceptors (Lipinski definition) is 3. The molecule has 5 heteroatoms. The fourth-order valence-electron chi connectivity index (χ4n) is 1.04. The number of rotatable bonds is 4. The molecule has 0 atom stereocenters. The first-order valence-corrected chi connectivity index (χ1v) is 5.17. The maximum Gasteiger partial charge on any atom is 0.235 e. The van der Waals surface area contributed by atoms with Crippen LogP contribution >= 0.6 is 15.9 Å². The van der Waals surface area contributed by atoms with Gasteiger partial charge < -0.3 is 4.74 Å². The third-order valence-electron chi connectivity index (χ3n) is 1.64. The van der Waals surface area contributed by atoms with E-state index >= 15 is 0 Å². The van der Waals surface area contributed by atoms with E-state index < -0.39 is 4.92 Å². The topological polar surface area (TPSA) is 52.4 Å². The summed E-state index contributed by atoms with van der Waals surface area (Å²) in [6.07, 6.45) is 2.34. The van der Waals surface area contributed by atoms with E-state index in [1.807, 2.05) is 6.92 Å². The lowest BCUT2D eigenvalue weighted by molar-refractivity contribution is -0.400. The van der Waals surface area contributed by atoms with Gasteiger partial charge in [0.15, 0.2) is 0 Å². The zero-order valence-corrected chi connectivity index (χ0v) is 9.73. The van der Waals surface area contributed by atoms with E-state index in [2.05, 4.69) is 15.9 Å². The molecule has 0 bridgehead atoms. The van der Waals surface area contributed by atoms with E-state index in [1.54, 1.807) is 18.2 Å². The first kappa shape index (κ1) is 11.7. The average molecular weight is 272 g/mol. The molecule has 0 heterocycles. The Balaban J connectivity index is 2.86. The van der Waals surface area contributed by atoms with E-state index in [-0.39, 0.29) is 0 Å². The fraction of sp³-hybridized carbons (Fsp3) is 0.200. The van der Waals surface area contributed by atoms with Gasteiger partial charge in [0.25, 0.3) is 0 Å². The summed E-state index contributed by atoms with van der Waals surface area (Å²) >= 11 is 3.33. The van der Waals surface area contributed by atoms with Crippen molar-refractivity contribution in [3.05, 3.63) is 44.5 Å². The largest absolute Gasteiger partial charge is 0.493 e. The van der Waals surface area contributed by atoms with Crippen LogP contribution in [0.5, 0.6) is 5.75 Å². The number of nitro groups is 1. The van der Waals surface area contributed by atoms with Crippen LogP contribution in [0.1, 0.15) is 12.5 Å². The third kappa shape index (κ3) is 3.71. The van der Waals surface area contributed by atoms with Gasteiger partial charge in [-0.2, -0.15) is 0 Å². The molecule has 80 valence electrons. The Morgan fingerprint density at radius 1 is 1.60 bits per heavy atom. The van der Waals surface area contributed by atoms with E-state index in [9.17, 15) is 10.1 Å². The van der Waals surface area contributed by atoms with Crippen molar-refractivity contribution >= 4 is 22.0 Å². The lowest BCUT2D eigenvalue weighted by Gasteiger charge is -2.05. The normalized spacial score (nSPS) is 10.5. The Hall–Kier alpha value is -1.36. The molecule has 0 radical (unpaired) electrons. The highest BCUT2D eigenvalue weighted by Gasteiger charge is 2.00.